The Morgan fingerprint density at radius 2 is 1.90 bits per heavy atom. The van der Waals surface area contributed by atoms with Gasteiger partial charge in [0.2, 0.25) is 0 Å². The predicted octanol–water partition coefficient (Wildman–Crippen LogP) is 4.00. The van der Waals surface area contributed by atoms with Crippen molar-refractivity contribution in [3.63, 3.8) is 0 Å². The number of hydrogen-bond donors (Lipinski definition) is 1. The third kappa shape index (κ3) is 2.17. The topological polar surface area (TPSA) is 56.2 Å². The number of nitrogen functional groups attached to an aromatic ring is 1. The number of benzene rings is 2. The van der Waals surface area contributed by atoms with E-state index in [0.29, 0.717) is 27.4 Å². The van der Waals surface area contributed by atoms with Gasteiger partial charge in [-0.05, 0) is 37.3 Å². The van der Waals surface area contributed by atoms with Crippen LogP contribution in [0.4, 0.5) is 5.69 Å². The maximum Gasteiger partial charge on any atom is 0.193 e. The highest BCUT2D eigenvalue weighted by molar-refractivity contribution is 6.33. The van der Waals surface area contributed by atoms with Crippen molar-refractivity contribution < 1.29 is 4.42 Å². The zero-order chi connectivity index (χ0) is 14.3. The van der Waals surface area contributed by atoms with Gasteiger partial charge in [-0.1, -0.05) is 23.2 Å². The summed E-state index contributed by atoms with van der Waals surface area (Å²) in [5, 5.41) is 1.06. The van der Waals surface area contributed by atoms with E-state index in [1.54, 1.807) is 24.3 Å². The predicted molar refractivity (Wildman–Crippen MR) is 82.1 cm³/mol. The molecule has 3 nitrogen and oxygen atoms in total. The minimum absolute atomic E-state index is 0.0709. The molecule has 0 atom stereocenters. The van der Waals surface area contributed by atoms with Gasteiger partial charge in [-0.2, -0.15) is 0 Å². The molecule has 0 aliphatic heterocycles. The molecule has 0 fully saturated rings. The highest BCUT2D eigenvalue weighted by Crippen LogP contribution is 2.27. The van der Waals surface area contributed by atoms with E-state index in [2.05, 4.69) is 0 Å². The average molecular weight is 286 g/mol. The average Bonchev–Trinajstić information content (AvgIpc) is 2.42. The van der Waals surface area contributed by atoms with Gasteiger partial charge in [-0.15, -0.1) is 0 Å². The zero-order valence-corrected chi connectivity index (χ0v) is 11.6. The first kappa shape index (κ1) is 12.8. The molecule has 0 bridgehead atoms. The maximum atomic E-state index is 12.2. The van der Waals surface area contributed by atoms with Gasteiger partial charge in [-0.3, -0.25) is 4.79 Å². The van der Waals surface area contributed by atoms with E-state index in [0.717, 1.165) is 11.1 Å². The largest absolute Gasteiger partial charge is 0.456 e. The molecular formula is C16H12ClNO2. The molecule has 1 heterocycles. The summed E-state index contributed by atoms with van der Waals surface area (Å²) in [5.41, 5.74) is 8.47. The van der Waals surface area contributed by atoms with Crippen molar-refractivity contribution in [3.05, 3.63) is 63.3 Å². The molecular weight excluding hydrogens is 274 g/mol. The minimum Gasteiger partial charge on any atom is -0.456 e. The first-order chi connectivity index (χ1) is 9.54. The van der Waals surface area contributed by atoms with Crippen LogP contribution in [0.5, 0.6) is 0 Å². The summed E-state index contributed by atoms with van der Waals surface area (Å²) in [6, 6.07) is 12.2. The van der Waals surface area contributed by atoms with Gasteiger partial charge in [0.05, 0.1) is 16.1 Å². The highest BCUT2D eigenvalue weighted by Gasteiger charge is 2.08. The van der Waals surface area contributed by atoms with Crippen molar-refractivity contribution in [1.29, 1.82) is 0 Å². The van der Waals surface area contributed by atoms with Crippen LogP contribution in [0.1, 0.15) is 5.56 Å². The molecule has 0 aliphatic carbocycles. The molecule has 100 valence electrons. The van der Waals surface area contributed by atoms with Crippen LogP contribution < -0.4 is 11.2 Å². The van der Waals surface area contributed by atoms with Crippen LogP contribution in [-0.4, -0.2) is 0 Å². The fourth-order valence-electron chi connectivity index (χ4n) is 2.11. The lowest BCUT2D eigenvalue weighted by Gasteiger charge is -2.05. The SMILES string of the molecule is Cc1ccc2oc(-c3ccc(Cl)c(N)c3)cc(=O)c2c1. The number of nitrogens with two attached hydrogens (primary N) is 1. The smallest absolute Gasteiger partial charge is 0.193 e. The third-order valence-electron chi connectivity index (χ3n) is 3.16. The quantitative estimate of drug-likeness (QED) is 0.687. The molecule has 1 aromatic heterocycles. The first-order valence-electron chi connectivity index (χ1n) is 6.14. The molecule has 20 heavy (non-hydrogen) atoms. The van der Waals surface area contributed by atoms with E-state index >= 15 is 0 Å². The van der Waals surface area contributed by atoms with Gasteiger partial charge in [0, 0.05) is 11.6 Å². The summed E-state index contributed by atoms with van der Waals surface area (Å²) in [6.45, 7) is 1.94. The number of fused-ring (bicyclic) bond motifs is 1. The highest BCUT2D eigenvalue weighted by atomic mass is 35.5. The van der Waals surface area contributed by atoms with Crippen LogP contribution in [0.25, 0.3) is 22.3 Å². The molecule has 3 aromatic rings. The van der Waals surface area contributed by atoms with Gasteiger partial charge in [-0.25, -0.2) is 0 Å². The first-order valence-corrected chi connectivity index (χ1v) is 6.52. The standard InChI is InChI=1S/C16H12ClNO2/c1-9-2-5-15-11(6-9)14(19)8-16(20-15)10-3-4-12(17)13(18)7-10/h2-8H,18H2,1H3. The lowest BCUT2D eigenvalue weighted by atomic mass is 10.1. The Morgan fingerprint density at radius 1 is 1.10 bits per heavy atom. The van der Waals surface area contributed by atoms with Crippen molar-refractivity contribution in [2.75, 3.05) is 5.73 Å². The van der Waals surface area contributed by atoms with Crippen molar-refractivity contribution >= 4 is 28.3 Å². The summed E-state index contributed by atoms with van der Waals surface area (Å²) in [5.74, 6) is 0.481. The van der Waals surface area contributed by atoms with Crippen LogP contribution >= 0.6 is 11.6 Å². The molecule has 4 heteroatoms. The summed E-state index contributed by atoms with van der Waals surface area (Å²) < 4.78 is 5.78. The Balaban J connectivity index is 2.24. The number of rotatable bonds is 1. The van der Waals surface area contributed by atoms with E-state index < -0.39 is 0 Å². The Hall–Kier alpha value is -2.26. The van der Waals surface area contributed by atoms with Gasteiger partial charge in [0.15, 0.2) is 5.43 Å². The van der Waals surface area contributed by atoms with Crippen LogP contribution in [0.3, 0.4) is 0 Å². The summed E-state index contributed by atoms with van der Waals surface area (Å²) in [6.07, 6.45) is 0. The van der Waals surface area contributed by atoms with Gasteiger partial charge < -0.3 is 10.2 Å². The van der Waals surface area contributed by atoms with Crippen molar-refractivity contribution in [3.8, 4) is 11.3 Å². The Labute approximate surface area is 120 Å². The zero-order valence-electron chi connectivity index (χ0n) is 10.8. The number of anilines is 1. The molecule has 2 aromatic carbocycles. The second-order valence-electron chi connectivity index (χ2n) is 4.71. The molecule has 0 amide bonds. The monoisotopic (exact) mass is 285 g/mol. The van der Waals surface area contributed by atoms with E-state index in [-0.39, 0.29) is 5.43 Å². The normalized spacial score (nSPS) is 10.9. The molecule has 0 unspecified atom stereocenters. The Morgan fingerprint density at radius 3 is 2.65 bits per heavy atom. The molecule has 3 rings (SSSR count). The van der Waals surface area contributed by atoms with Gasteiger partial charge >= 0.3 is 0 Å². The second kappa shape index (κ2) is 4.69. The number of halogens is 1. The van der Waals surface area contributed by atoms with Crippen LogP contribution in [0.15, 0.2) is 51.7 Å². The fourth-order valence-corrected chi connectivity index (χ4v) is 2.23. The molecule has 0 radical (unpaired) electrons. The summed E-state index contributed by atoms with van der Waals surface area (Å²) in [7, 11) is 0. The number of hydrogen-bond acceptors (Lipinski definition) is 3. The van der Waals surface area contributed by atoms with Crippen molar-refractivity contribution in [1.82, 2.24) is 0 Å². The van der Waals surface area contributed by atoms with Crippen molar-refractivity contribution in [2.45, 2.75) is 6.92 Å². The lowest BCUT2D eigenvalue weighted by molar-refractivity contribution is 0.619. The van der Waals surface area contributed by atoms with Crippen LogP contribution in [0.2, 0.25) is 5.02 Å². The van der Waals surface area contributed by atoms with Gasteiger partial charge in [0.25, 0.3) is 0 Å². The second-order valence-corrected chi connectivity index (χ2v) is 5.12. The van der Waals surface area contributed by atoms with Crippen molar-refractivity contribution in [2.24, 2.45) is 0 Å². The molecule has 0 spiro atoms. The molecule has 0 aliphatic rings. The molecule has 2 N–H and O–H groups in total. The van der Waals surface area contributed by atoms with Crippen LogP contribution in [-0.2, 0) is 0 Å². The van der Waals surface area contributed by atoms with Gasteiger partial charge in [0.1, 0.15) is 11.3 Å². The fraction of sp³-hybridized carbons (Fsp3) is 0.0625. The van der Waals surface area contributed by atoms with E-state index in [4.69, 9.17) is 21.8 Å². The summed E-state index contributed by atoms with van der Waals surface area (Å²) >= 11 is 5.89. The Bertz CT molecular complexity index is 868. The van der Waals surface area contributed by atoms with E-state index in [1.807, 2.05) is 19.1 Å². The maximum absolute atomic E-state index is 12.2. The van der Waals surface area contributed by atoms with E-state index in [9.17, 15) is 4.79 Å². The minimum atomic E-state index is -0.0709. The third-order valence-corrected chi connectivity index (χ3v) is 3.51. The molecule has 0 saturated heterocycles. The lowest BCUT2D eigenvalue weighted by Crippen LogP contribution is -2.00. The Kier molecular flexibility index (Phi) is 2.99. The summed E-state index contributed by atoms with van der Waals surface area (Å²) in [4.78, 5) is 12.2. The number of aryl methyl sites for hydroxylation is 1. The van der Waals surface area contributed by atoms with Crippen LogP contribution in [0, 0.1) is 6.92 Å². The molecule has 0 saturated carbocycles. The van der Waals surface area contributed by atoms with E-state index in [1.165, 1.54) is 6.07 Å².